The number of ether oxygens (including phenoxy) is 1. The Hall–Kier alpha value is -2.14. The van der Waals surface area contributed by atoms with E-state index in [9.17, 15) is 22.8 Å². The van der Waals surface area contributed by atoms with Crippen LogP contribution in [0.25, 0.3) is 0 Å². The zero-order valence-corrected chi connectivity index (χ0v) is 21.6. The van der Waals surface area contributed by atoms with E-state index >= 15 is 0 Å². The van der Waals surface area contributed by atoms with E-state index in [-0.39, 0.29) is 12.3 Å². The molecule has 3 rings (SSSR count). The molecule has 1 saturated heterocycles. The third-order valence-corrected chi connectivity index (χ3v) is 9.38. The number of hydrogen-bond acceptors (Lipinski definition) is 7. The van der Waals surface area contributed by atoms with Crippen molar-refractivity contribution in [1.82, 2.24) is 20.3 Å². The molecule has 3 fully saturated rings. The minimum absolute atomic E-state index is 0.278. The van der Waals surface area contributed by atoms with Crippen molar-refractivity contribution in [2.75, 3.05) is 19.6 Å². The van der Waals surface area contributed by atoms with Crippen LogP contribution in [-0.2, 0) is 24.3 Å². The Bertz CT molecular complexity index is 970. The summed E-state index contributed by atoms with van der Waals surface area (Å²) in [5.74, 6) is -1.04. The third kappa shape index (κ3) is 5.25. The fraction of sp³-hybridized carbons (Fsp3) is 0.783. The molecule has 0 aromatic heterocycles. The van der Waals surface area contributed by atoms with Gasteiger partial charge in [0, 0.05) is 18.5 Å². The number of carbonyl (C=O) groups is 3. The molecule has 0 radical (unpaired) electrons. The van der Waals surface area contributed by atoms with Gasteiger partial charge < -0.3 is 15.4 Å². The van der Waals surface area contributed by atoms with E-state index in [2.05, 4.69) is 21.9 Å². The highest BCUT2D eigenvalue weighted by molar-refractivity contribution is 7.91. The van der Waals surface area contributed by atoms with Crippen LogP contribution in [0.4, 0.5) is 4.79 Å². The first-order valence-electron chi connectivity index (χ1n) is 11.8. The first-order valence-corrected chi connectivity index (χ1v) is 13.3. The van der Waals surface area contributed by atoms with Crippen molar-refractivity contribution in [2.24, 2.45) is 5.41 Å². The summed E-state index contributed by atoms with van der Waals surface area (Å²) < 4.78 is 31.8. The summed E-state index contributed by atoms with van der Waals surface area (Å²) in [7, 11) is -3.83. The molecule has 34 heavy (non-hydrogen) atoms. The summed E-state index contributed by atoms with van der Waals surface area (Å²) in [6.07, 6.45) is 3.76. The number of rotatable bonds is 9. The number of alkyl carbamates (subject to hydrolysis) is 1. The van der Waals surface area contributed by atoms with Crippen molar-refractivity contribution in [3.8, 4) is 0 Å². The first-order chi connectivity index (χ1) is 15.6. The van der Waals surface area contributed by atoms with Crippen LogP contribution in [0.3, 0.4) is 0 Å². The number of sulfonamides is 1. The molecule has 2 aliphatic carbocycles. The summed E-state index contributed by atoms with van der Waals surface area (Å²) >= 11 is 0. The van der Waals surface area contributed by atoms with Crippen molar-refractivity contribution in [1.29, 1.82) is 0 Å². The predicted molar refractivity (Wildman–Crippen MR) is 127 cm³/mol. The topological polar surface area (TPSA) is 134 Å². The Morgan fingerprint density at radius 1 is 1.21 bits per heavy atom. The molecule has 0 aromatic rings. The normalized spacial score (nSPS) is 30.2. The predicted octanol–water partition coefficient (Wildman–Crippen LogP) is 1.43. The average Bonchev–Trinajstić information content (AvgIpc) is 3.52. The van der Waals surface area contributed by atoms with Crippen LogP contribution in [-0.4, -0.2) is 72.8 Å². The molecule has 0 aromatic carbocycles. The highest BCUT2D eigenvalue weighted by Gasteiger charge is 2.70. The summed E-state index contributed by atoms with van der Waals surface area (Å²) in [4.78, 5) is 40.2. The molecule has 0 spiro atoms. The van der Waals surface area contributed by atoms with Crippen LogP contribution in [0.15, 0.2) is 12.7 Å². The summed E-state index contributed by atoms with van der Waals surface area (Å²) in [5.41, 5.74) is -2.69. The monoisotopic (exact) mass is 498 g/mol. The zero-order chi connectivity index (χ0) is 25.6. The second-order valence-electron chi connectivity index (χ2n) is 11.2. The molecule has 3 amide bonds. The number of carbonyl (C=O) groups excluding carboxylic acids is 3. The fourth-order valence-electron chi connectivity index (χ4n) is 4.41. The fourth-order valence-corrected chi connectivity index (χ4v) is 5.72. The highest BCUT2D eigenvalue weighted by Crippen LogP contribution is 2.57. The van der Waals surface area contributed by atoms with E-state index < -0.39 is 49.4 Å². The van der Waals surface area contributed by atoms with Gasteiger partial charge in [0.1, 0.15) is 11.1 Å². The number of hydrogen-bond donors (Lipinski definition) is 3. The maximum atomic E-state index is 13.3. The molecule has 11 heteroatoms. The lowest BCUT2D eigenvalue weighted by Crippen LogP contribution is -2.58. The summed E-state index contributed by atoms with van der Waals surface area (Å²) in [6, 6.07) is -0.475. The molecule has 2 saturated carbocycles. The van der Waals surface area contributed by atoms with E-state index in [0.717, 1.165) is 6.42 Å². The minimum Gasteiger partial charge on any atom is -0.444 e. The van der Waals surface area contributed by atoms with Crippen molar-refractivity contribution in [2.45, 2.75) is 88.7 Å². The second-order valence-corrected chi connectivity index (χ2v) is 13.4. The van der Waals surface area contributed by atoms with Gasteiger partial charge in [0.2, 0.25) is 15.9 Å². The van der Waals surface area contributed by atoms with Gasteiger partial charge in [-0.05, 0) is 66.3 Å². The molecule has 1 aliphatic heterocycles. The van der Waals surface area contributed by atoms with Gasteiger partial charge in [-0.25, -0.2) is 13.2 Å². The van der Waals surface area contributed by atoms with Gasteiger partial charge in [-0.15, -0.1) is 6.58 Å². The molecule has 10 nitrogen and oxygen atoms in total. The lowest BCUT2D eigenvalue weighted by atomic mass is 10.0. The van der Waals surface area contributed by atoms with Crippen LogP contribution in [0.1, 0.15) is 66.7 Å². The Morgan fingerprint density at radius 3 is 2.38 bits per heavy atom. The molecule has 3 unspecified atom stereocenters. The van der Waals surface area contributed by atoms with Crippen LogP contribution < -0.4 is 15.4 Å². The largest absolute Gasteiger partial charge is 0.444 e. The third-order valence-electron chi connectivity index (χ3n) is 7.22. The Labute approximate surface area is 202 Å². The quantitative estimate of drug-likeness (QED) is 0.409. The van der Waals surface area contributed by atoms with E-state index in [1.165, 1.54) is 0 Å². The highest BCUT2D eigenvalue weighted by atomic mass is 32.2. The number of nitrogens with one attached hydrogen (secondary N) is 3. The second kappa shape index (κ2) is 8.82. The van der Waals surface area contributed by atoms with E-state index in [4.69, 9.17) is 4.74 Å². The van der Waals surface area contributed by atoms with Gasteiger partial charge >= 0.3 is 6.09 Å². The maximum absolute atomic E-state index is 13.3. The van der Waals surface area contributed by atoms with E-state index in [1.807, 2.05) is 4.90 Å². The molecule has 1 heterocycles. The van der Waals surface area contributed by atoms with Crippen LogP contribution >= 0.6 is 0 Å². The standard InChI is InChI=1S/C23H38N4O6S/c1-7-21(5)15-23(21,18(29)26-34(31,32)22(6)10-11-22)25-17(28)16-9-8-13-27(16)14-12-24-19(30)33-20(2,3)4/h7,16H,1,8-15H2,2-6H3,(H,24,30)(H,25,28)(H,26,29). The summed E-state index contributed by atoms with van der Waals surface area (Å²) in [6.45, 7) is 14.0. The minimum atomic E-state index is -3.83. The molecule has 0 bridgehead atoms. The van der Waals surface area contributed by atoms with Crippen LogP contribution in [0.2, 0.25) is 0 Å². The lowest BCUT2D eigenvalue weighted by Gasteiger charge is -2.28. The molecule has 3 aliphatic rings. The van der Waals surface area contributed by atoms with Gasteiger partial charge in [-0.1, -0.05) is 13.0 Å². The van der Waals surface area contributed by atoms with Gasteiger partial charge in [-0.2, -0.15) is 0 Å². The van der Waals surface area contributed by atoms with E-state index in [1.54, 1.807) is 40.7 Å². The summed E-state index contributed by atoms with van der Waals surface area (Å²) in [5, 5.41) is 5.56. The Morgan fingerprint density at radius 2 is 1.85 bits per heavy atom. The maximum Gasteiger partial charge on any atom is 0.407 e. The van der Waals surface area contributed by atoms with Crippen LogP contribution in [0.5, 0.6) is 0 Å². The van der Waals surface area contributed by atoms with Gasteiger partial charge in [0.15, 0.2) is 0 Å². The zero-order valence-electron chi connectivity index (χ0n) is 20.8. The first kappa shape index (κ1) is 26.5. The molecule has 3 N–H and O–H groups in total. The van der Waals surface area contributed by atoms with Gasteiger partial charge in [0.25, 0.3) is 5.91 Å². The van der Waals surface area contributed by atoms with Gasteiger partial charge in [-0.3, -0.25) is 19.2 Å². The van der Waals surface area contributed by atoms with Crippen molar-refractivity contribution in [3.63, 3.8) is 0 Å². The van der Waals surface area contributed by atoms with Gasteiger partial charge in [0.05, 0.1) is 10.8 Å². The van der Waals surface area contributed by atoms with Crippen molar-refractivity contribution >= 4 is 27.9 Å². The van der Waals surface area contributed by atoms with Crippen molar-refractivity contribution < 1.29 is 27.5 Å². The SMILES string of the molecule is C=CC1(C)CC1(NC(=O)C1CCCN1CCNC(=O)OC(C)(C)C)C(=O)NS(=O)(=O)C1(C)CC1. The number of amides is 3. The number of likely N-dealkylation sites (tertiary alicyclic amines) is 1. The average molecular weight is 499 g/mol. The molecule has 3 atom stereocenters. The van der Waals surface area contributed by atoms with E-state index in [0.29, 0.717) is 38.9 Å². The Kier molecular flexibility index (Phi) is 6.86. The smallest absolute Gasteiger partial charge is 0.407 e. The number of nitrogens with zero attached hydrogens (tertiary/aromatic N) is 1. The molecular formula is C23H38N4O6S. The van der Waals surface area contributed by atoms with Crippen LogP contribution in [0, 0.1) is 5.41 Å². The Balaban J connectivity index is 1.62. The van der Waals surface area contributed by atoms with Crippen molar-refractivity contribution in [3.05, 3.63) is 12.7 Å². The molecular weight excluding hydrogens is 460 g/mol. The lowest BCUT2D eigenvalue weighted by molar-refractivity contribution is -0.132. The molecule has 192 valence electrons.